The second-order valence-corrected chi connectivity index (χ2v) is 7.86. The van der Waals surface area contributed by atoms with Crippen LogP contribution < -0.4 is 4.74 Å². The lowest BCUT2D eigenvalue weighted by molar-refractivity contribution is 0.156. The lowest BCUT2D eigenvalue weighted by Gasteiger charge is -2.34. The van der Waals surface area contributed by atoms with Crippen molar-refractivity contribution < 1.29 is 13.2 Å². The summed E-state index contributed by atoms with van der Waals surface area (Å²) in [5, 5.41) is 0.601. The summed E-state index contributed by atoms with van der Waals surface area (Å²) < 4.78 is 32.5. The molecule has 0 radical (unpaired) electrons. The van der Waals surface area contributed by atoms with E-state index in [1.165, 1.54) is 8.61 Å². The van der Waals surface area contributed by atoms with Gasteiger partial charge < -0.3 is 4.74 Å². The van der Waals surface area contributed by atoms with Crippen LogP contribution in [0.4, 0.5) is 0 Å². The van der Waals surface area contributed by atoms with Gasteiger partial charge in [-0.05, 0) is 12.1 Å². The van der Waals surface area contributed by atoms with Gasteiger partial charge in [0.2, 0.25) is 0 Å². The first-order chi connectivity index (χ1) is 10.4. The summed E-state index contributed by atoms with van der Waals surface area (Å²) >= 11 is 6.03. The molecular weight excluding hydrogens is 326 g/mol. The zero-order valence-electron chi connectivity index (χ0n) is 12.9. The Bertz CT molecular complexity index is 587. The van der Waals surface area contributed by atoms with E-state index in [9.17, 15) is 8.42 Å². The van der Waals surface area contributed by atoms with Crippen molar-refractivity contribution >= 4 is 21.8 Å². The van der Waals surface area contributed by atoms with E-state index in [2.05, 4.69) is 4.90 Å². The third-order valence-corrected chi connectivity index (χ3v) is 5.87. The number of rotatable bonds is 6. The molecule has 124 valence electrons. The molecule has 1 aliphatic heterocycles. The van der Waals surface area contributed by atoms with Crippen molar-refractivity contribution in [3.05, 3.63) is 29.3 Å². The van der Waals surface area contributed by atoms with Crippen LogP contribution in [0.2, 0.25) is 5.02 Å². The fourth-order valence-electron chi connectivity index (χ4n) is 2.26. The molecule has 0 bridgehead atoms. The Morgan fingerprint density at radius 3 is 2.41 bits per heavy atom. The van der Waals surface area contributed by atoms with Gasteiger partial charge in [-0.2, -0.15) is 17.0 Å². The lowest BCUT2D eigenvalue weighted by Crippen LogP contribution is -2.52. The third-order valence-electron chi connectivity index (χ3n) is 3.62. The molecule has 1 aromatic carbocycles. The van der Waals surface area contributed by atoms with Crippen LogP contribution in [0.3, 0.4) is 0 Å². The second-order valence-electron chi connectivity index (χ2n) is 5.31. The summed E-state index contributed by atoms with van der Waals surface area (Å²) in [7, 11) is -0.192. The molecule has 1 fully saturated rings. The summed E-state index contributed by atoms with van der Waals surface area (Å²) in [6, 6.07) is 7.37. The van der Waals surface area contributed by atoms with Crippen LogP contribution in [-0.2, 0) is 10.2 Å². The van der Waals surface area contributed by atoms with Gasteiger partial charge >= 0.3 is 0 Å². The predicted octanol–water partition coefficient (Wildman–Crippen LogP) is 1.14. The fourth-order valence-corrected chi connectivity index (χ4v) is 3.54. The van der Waals surface area contributed by atoms with Crippen LogP contribution in [0.25, 0.3) is 0 Å². The minimum Gasteiger partial charge on any atom is -0.491 e. The van der Waals surface area contributed by atoms with Gasteiger partial charge in [0.25, 0.3) is 10.2 Å². The zero-order valence-corrected chi connectivity index (χ0v) is 14.5. The van der Waals surface area contributed by atoms with E-state index in [1.54, 1.807) is 20.2 Å². The molecule has 2 rings (SSSR count). The Morgan fingerprint density at radius 2 is 1.82 bits per heavy atom. The molecule has 0 unspecified atom stereocenters. The molecule has 0 saturated carbocycles. The first-order valence-corrected chi connectivity index (χ1v) is 8.96. The minimum atomic E-state index is -3.30. The largest absolute Gasteiger partial charge is 0.491 e. The first kappa shape index (κ1) is 17.5. The maximum Gasteiger partial charge on any atom is 0.281 e. The number of para-hydroxylation sites is 1. The van der Waals surface area contributed by atoms with Crippen molar-refractivity contribution in [2.75, 3.05) is 53.4 Å². The highest BCUT2D eigenvalue weighted by atomic mass is 35.5. The van der Waals surface area contributed by atoms with Crippen molar-refractivity contribution in [1.29, 1.82) is 0 Å². The second kappa shape index (κ2) is 7.61. The molecule has 0 amide bonds. The summed E-state index contributed by atoms with van der Waals surface area (Å²) in [5.41, 5.74) is 0. The zero-order chi connectivity index (χ0) is 16.2. The number of ether oxygens (including phenoxy) is 1. The highest BCUT2D eigenvalue weighted by molar-refractivity contribution is 7.86. The number of piperazine rings is 1. The Labute approximate surface area is 137 Å². The molecule has 6 nitrogen and oxygen atoms in total. The quantitative estimate of drug-likeness (QED) is 0.774. The monoisotopic (exact) mass is 347 g/mol. The Hall–Kier alpha value is -0.860. The smallest absolute Gasteiger partial charge is 0.281 e. The van der Waals surface area contributed by atoms with Crippen LogP contribution in [0.1, 0.15) is 0 Å². The van der Waals surface area contributed by atoms with E-state index in [0.29, 0.717) is 43.6 Å². The lowest BCUT2D eigenvalue weighted by atomic mass is 10.3. The number of benzene rings is 1. The molecule has 1 aromatic rings. The van der Waals surface area contributed by atoms with Crippen LogP contribution in [-0.4, -0.2) is 75.4 Å². The van der Waals surface area contributed by atoms with Gasteiger partial charge in [-0.3, -0.25) is 4.90 Å². The van der Waals surface area contributed by atoms with Gasteiger partial charge in [0, 0.05) is 46.8 Å². The van der Waals surface area contributed by atoms with Gasteiger partial charge in [-0.15, -0.1) is 0 Å². The van der Waals surface area contributed by atoms with Crippen molar-refractivity contribution in [2.24, 2.45) is 0 Å². The van der Waals surface area contributed by atoms with Gasteiger partial charge in [-0.25, -0.2) is 0 Å². The van der Waals surface area contributed by atoms with Crippen molar-refractivity contribution in [2.45, 2.75) is 0 Å². The predicted molar refractivity (Wildman–Crippen MR) is 87.6 cm³/mol. The number of halogens is 1. The summed E-state index contributed by atoms with van der Waals surface area (Å²) in [4.78, 5) is 2.19. The van der Waals surface area contributed by atoms with E-state index in [-0.39, 0.29) is 0 Å². The molecule has 0 atom stereocenters. The van der Waals surface area contributed by atoms with Crippen molar-refractivity contribution in [1.82, 2.24) is 13.5 Å². The van der Waals surface area contributed by atoms with Crippen molar-refractivity contribution in [3.8, 4) is 5.75 Å². The number of nitrogens with zero attached hydrogens (tertiary/aromatic N) is 3. The third kappa shape index (κ3) is 4.33. The molecule has 0 aliphatic carbocycles. The maximum atomic E-state index is 12.0. The van der Waals surface area contributed by atoms with Crippen LogP contribution in [0.5, 0.6) is 5.75 Å². The minimum absolute atomic E-state index is 0.507. The molecule has 0 N–H and O–H groups in total. The molecule has 0 aromatic heterocycles. The Kier molecular flexibility index (Phi) is 6.05. The summed E-state index contributed by atoms with van der Waals surface area (Å²) in [5.74, 6) is 0.679. The van der Waals surface area contributed by atoms with Crippen LogP contribution in [0, 0.1) is 0 Å². The van der Waals surface area contributed by atoms with E-state index >= 15 is 0 Å². The molecular formula is C14H22ClN3O3S. The van der Waals surface area contributed by atoms with Gasteiger partial charge in [-0.1, -0.05) is 23.7 Å². The van der Waals surface area contributed by atoms with E-state index in [4.69, 9.17) is 16.3 Å². The van der Waals surface area contributed by atoms with Crippen molar-refractivity contribution in [3.63, 3.8) is 0 Å². The SMILES string of the molecule is CN(C)S(=O)(=O)N1CCN(CCOc2ccccc2Cl)CC1. The standard InChI is InChI=1S/C14H22ClN3O3S/c1-16(2)22(19,20)18-9-7-17(8-10-18)11-12-21-14-6-4-3-5-13(14)15/h3-6H,7-12H2,1-2H3. The van der Waals surface area contributed by atoms with E-state index in [1.807, 2.05) is 18.2 Å². The topological polar surface area (TPSA) is 53.1 Å². The maximum absolute atomic E-state index is 12.0. The summed E-state index contributed by atoms with van der Waals surface area (Å²) in [6.07, 6.45) is 0. The molecule has 0 spiro atoms. The highest BCUT2D eigenvalue weighted by Gasteiger charge is 2.28. The molecule has 8 heteroatoms. The molecule has 1 saturated heterocycles. The van der Waals surface area contributed by atoms with Gasteiger partial charge in [0.05, 0.1) is 5.02 Å². The van der Waals surface area contributed by atoms with Crippen LogP contribution in [0.15, 0.2) is 24.3 Å². The Morgan fingerprint density at radius 1 is 1.18 bits per heavy atom. The van der Waals surface area contributed by atoms with Gasteiger partial charge in [0.1, 0.15) is 12.4 Å². The van der Waals surface area contributed by atoms with Gasteiger partial charge in [0.15, 0.2) is 0 Å². The molecule has 1 aliphatic rings. The fraction of sp³-hybridized carbons (Fsp3) is 0.571. The number of hydrogen-bond donors (Lipinski definition) is 0. The summed E-state index contributed by atoms with van der Waals surface area (Å²) in [6.45, 7) is 3.71. The Balaban J connectivity index is 1.75. The molecule has 22 heavy (non-hydrogen) atoms. The average molecular weight is 348 g/mol. The average Bonchev–Trinajstić information content (AvgIpc) is 2.49. The van der Waals surface area contributed by atoms with E-state index in [0.717, 1.165) is 6.54 Å². The highest BCUT2D eigenvalue weighted by Crippen LogP contribution is 2.22. The number of hydrogen-bond acceptors (Lipinski definition) is 4. The van der Waals surface area contributed by atoms with E-state index < -0.39 is 10.2 Å². The van der Waals surface area contributed by atoms with Crippen LogP contribution >= 0.6 is 11.6 Å². The normalized spacial score (nSPS) is 17.8. The first-order valence-electron chi connectivity index (χ1n) is 7.18. The molecule has 1 heterocycles.